The lowest BCUT2D eigenvalue weighted by atomic mass is 10.0. The number of nitrogens with one attached hydrogen (secondary N) is 5. The van der Waals surface area contributed by atoms with Gasteiger partial charge in [-0.05, 0) is 104 Å². The van der Waals surface area contributed by atoms with Crippen LogP contribution in [-0.4, -0.2) is 91.6 Å². The lowest BCUT2D eigenvalue weighted by Crippen LogP contribution is -2.57. The molecular formula is C38H66N8O8. The van der Waals surface area contributed by atoms with Gasteiger partial charge in [-0.1, -0.05) is 50.1 Å². The average molecular weight is 763 g/mol. The fourth-order valence-electron chi connectivity index (χ4n) is 5.23. The van der Waals surface area contributed by atoms with E-state index in [2.05, 4.69) is 26.6 Å². The molecule has 54 heavy (non-hydrogen) atoms. The third-order valence-corrected chi connectivity index (χ3v) is 8.24. The Hall–Kier alpha value is -4.28. The van der Waals surface area contributed by atoms with Crippen LogP contribution in [0.4, 0.5) is 4.79 Å². The molecule has 0 aromatic heterocycles. The lowest BCUT2D eigenvalue weighted by Gasteiger charge is -2.26. The number of nitrogens with two attached hydrogens (primary N) is 3. The van der Waals surface area contributed by atoms with Gasteiger partial charge in [0.05, 0.1) is 6.04 Å². The molecule has 0 radical (unpaired) electrons. The van der Waals surface area contributed by atoms with Gasteiger partial charge in [-0.15, -0.1) is 0 Å². The highest BCUT2D eigenvalue weighted by molar-refractivity contribution is 5.94. The molecule has 4 unspecified atom stereocenters. The quantitative estimate of drug-likeness (QED) is 0.0473. The van der Waals surface area contributed by atoms with E-state index in [1.54, 1.807) is 32.9 Å². The Labute approximate surface area is 320 Å². The summed E-state index contributed by atoms with van der Waals surface area (Å²) in [6.45, 7) is 7.83. The molecule has 1 aromatic rings. The van der Waals surface area contributed by atoms with Crippen LogP contribution in [0.15, 0.2) is 30.3 Å². The molecule has 0 fully saturated rings. The SMILES string of the molecule is CCCCC(N)C(=O)NCCCCC(NC(=O)C(CCCCN)NC(=O)OC(C)(C)C)C(=O)NC(CCCCN)C(=O)NCC(=O)OCc1ccccc1. The van der Waals surface area contributed by atoms with Crippen molar-refractivity contribution in [2.75, 3.05) is 26.2 Å². The minimum absolute atomic E-state index is 0.0406. The first-order chi connectivity index (χ1) is 25.7. The summed E-state index contributed by atoms with van der Waals surface area (Å²) in [4.78, 5) is 78.2. The highest BCUT2D eigenvalue weighted by atomic mass is 16.6. The van der Waals surface area contributed by atoms with E-state index in [4.69, 9.17) is 26.7 Å². The molecule has 5 amide bonds. The van der Waals surface area contributed by atoms with E-state index in [9.17, 15) is 28.8 Å². The number of carbonyl (C=O) groups is 6. The minimum atomic E-state index is -1.11. The van der Waals surface area contributed by atoms with Crippen molar-refractivity contribution in [3.63, 3.8) is 0 Å². The molecular weight excluding hydrogens is 696 g/mol. The first-order valence-electron chi connectivity index (χ1n) is 19.2. The van der Waals surface area contributed by atoms with Crippen LogP contribution in [0.5, 0.6) is 0 Å². The van der Waals surface area contributed by atoms with Crippen molar-refractivity contribution in [3.05, 3.63) is 35.9 Å². The zero-order chi connectivity index (χ0) is 40.4. The summed E-state index contributed by atoms with van der Waals surface area (Å²) in [6.07, 6.45) is 5.30. The number of hydrogen-bond acceptors (Lipinski definition) is 11. The van der Waals surface area contributed by atoms with E-state index < -0.39 is 66.1 Å². The maximum Gasteiger partial charge on any atom is 0.408 e. The largest absolute Gasteiger partial charge is 0.460 e. The van der Waals surface area contributed by atoms with Crippen LogP contribution in [0.3, 0.4) is 0 Å². The van der Waals surface area contributed by atoms with Gasteiger partial charge < -0.3 is 53.3 Å². The number of carbonyl (C=O) groups excluding carboxylic acids is 6. The number of benzene rings is 1. The Morgan fingerprint density at radius 1 is 0.667 bits per heavy atom. The van der Waals surface area contributed by atoms with Crippen LogP contribution < -0.4 is 43.8 Å². The van der Waals surface area contributed by atoms with Crippen LogP contribution in [0, 0.1) is 0 Å². The van der Waals surface area contributed by atoms with Crippen LogP contribution in [0.2, 0.25) is 0 Å². The molecule has 0 saturated heterocycles. The van der Waals surface area contributed by atoms with E-state index in [1.165, 1.54) is 0 Å². The Morgan fingerprint density at radius 2 is 1.20 bits per heavy atom. The average Bonchev–Trinajstić information content (AvgIpc) is 3.13. The summed E-state index contributed by atoms with van der Waals surface area (Å²) in [7, 11) is 0. The van der Waals surface area contributed by atoms with Crippen LogP contribution in [-0.2, 0) is 40.1 Å². The number of hydrogen-bond donors (Lipinski definition) is 8. The summed E-state index contributed by atoms with van der Waals surface area (Å²) < 4.78 is 10.6. The van der Waals surface area contributed by atoms with Gasteiger partial charge in [0, 0.05) is 6.54 Å². The summed E-state index contributed by atoms with van der Waals surface area (Å²) in [6, 6.07) is 5.29. The van der Waals surface area contributed by atoms with Gasteiger partial charge in [0.2, 0.25) is 23.6 Å². The van der Waals surface area contributed by atoms with Gasteiger partial charge in [0.15, 0.2) is 0 Å². The number of esters is 1. The first-order valence-corrected chi connectivity index (χ1v) is 19.2. The number of alkyl carbamates (subject to hydrolysis) is 1. The van der Waals surface area contributed by atoms with Gasteiger partial charge in [-0.25, -0.2) is 4.79 Å². The maximum absolute atomic E-state index is 13.8. The van der Waals surface area contributed by atoms with Gasteiger partial charge in [0.25, 0.3) is 0 Å². The molecule has 0 aliphatic heterocycles. The molecule has 1 aromatic carbocycles. The second-order valence-corrected chi connectivity index (χ2v) is 14.3. The second kappa shape index (κ2) is 27.3. The zero-order valence-electron chi connectivity index (χ0n) is 32.7. The van der Waals surface area contributed by atoms with E-state index in [0.717, 1.165) is 18.4 Å². The Kier molecular flexibility index (Phi) is 24.2. The van der Waals surface area contributed by atoms with Gasteiger partial charge >= 0.3 is 12.1 Å². The van der Waals surface area contributed by atoms with Crippen LogP contribution in [0.1, 0.15) is 110 Å². The van der Waals surface area contributed by atoms with Crippen LogP contribution in [0.25, 0.3) is 0 Å². The lowest BCUT2D eigenvalue weighted by molar-refractivity contribution is -0.145. The molecule has 4 atom stereocenters. The smallest absolute Gasteiger partial charge is 0.408 e. The fraction of sp³-hybridized carbons (Fsp3) is 0.684. The second-order valence-electron chi connectivity index (χ2n) is 14.3. The van der Waals surface area contributed by atoms with Gasteiger partial charge in [-0.2, -0.15) is 0 Å². The van der Waals surface area contributed by atoms with Gasteiger partial charge in [0.1, 0.15) is 36.9 Å². The van der Waals surface area contributed by atoms with Crippen molar-refractivity contribution >= 4 is 35.7 Å². The fourth-order valence-corrected chi connectivity index (χ4v) is 5.23. The van der Waals surface area contributed by atoms with Crippen molar-refractivity contribution in [3.8, 4) is 0 Å². The number of amides is 5. The third kappa shape index (κ3) is 22.1. The molecule has 1 rings (SSSR count). The summed E-state index contributed by atoms with van der Waals surface area (Å²) in [5, 5.41) is 13.5. The molecule has 11 N–H and O–H groups in total. The summed E-state index contributed by atoms with van der Waals surface area (Å²) in [5.74, 6) is -2.75. The van der Waals surface area contributed by atoms with E-state index >= 15 is 0 Å². The Bertz CT molecular complexity index is 1280. The molecule has 0 bridgehead atoms. The molecule has 0 aliphatic rings. The molecule has 0 saturated carbocycles. The van der Waals surface area contributed by atoms with Gasteiger partial charge in [-0.3, -0.25) is 24.0 Å². The molecule has 0 aliphatic carbocycles. The van der Waals surface area contributed by atoms with E-state index in [1.807, 2.05) is 25.1 Å². The monoisotopic (exact) mass is 763 g/mol. The molecule has 16 heteroatoms. The van der Waals surface area contributed by atoms with E-state index in [-0.39, 0.29) is 31.8 Å². The summed E-state index contributed by atoms with van der Waals surface area (Å²) >= 11 is 0. The molecule has 0 spiro atoms. The Balaban J connectivity index is 3.09. The Morgan fingerprint density at radius 3 is 1.74 bits per heavy atom. The first kappa shape index (κ1) is 47.7. The van der Waals surface area contributed by atoms with Crippen molar-refractivity contribution in [1.29, 1.82) is 0 Å². The number of unbranched alkanes of at least 4 members (excludes halogenated alkanes) is 4. The normalized spacial score (nSPS) is 13.4. The number of ether oxygens (including phenoxy) is 2. The zero-order valence-corrected chi connectivity index (χ0v) is 32.7. The predicted octanol–water partition coefficient (Wildman–Crippen LogP) is 1.77. The summed E-state index contributed by atoms with van der Waals surface area (Å²) in [5.41, 5.74) is 17.3. The van der Waals surface area contributed by atoms with Crippen molar-refractivity contribution in [1.82, 2.24) is 26.6 Å². The molecule has 306 valence electrons. The topological polar surface area (TPSA) is 259 Å². The number of rotatable bonds is 27. The van der Waals surface area contributed by atoms with Crippen molar-refractivity contribution in [2.24, 2.45) is 17.2 Å². The van der Waals surface area contributed by atoms with Crippen LogP contribution >= 0.6 is 0 Å². The predicted molar refractivity (Wildman–Crippen MR) is 206 cm³/mol. The van der Waals surface area contributed by atoms with Crippen molar-refractivity contribution < 1.29 is 38.2 Å². The van der Waals surface area contributed by atoms with Crippen molar-refractivity contribution in [2.45, 2.75) is 141 Å². The minimum Gasteiger partial charge on any atom is -0.460 e. The highest BCUT2D eigenvalue weighted by Crippen LogP contribution is 2.11. The molecule has 16 nitrogen and oxygen atoms in total. The standard InChI is InChI=1S/C38H66N8O8/c1-5-6-18-28(41)33(48)42-24-15-12-21-30(45-36(51)31(20-11-14-23-40)46-37(52)54-38(2,3)4)35(50)44-29(19-10-13-22-39)34(49)43-25-32(47)53-26-27-16-8-7-9-17-27/h7-9,16-17,28-31H,5-6,10-15,18-26,39-41H2,1-4H3,(H,42,48)(H,43,49)(H,44,50)(H,45,51)(H,46,52). The third-order valence-electron chi connectivity index (χ3n) is 8.24. The highest BCUT2D eigenvalue weighted by Gasteiger charge is 2.30. The van der Waals surface area contributed by atoms with E-state index in [0.29, 0.717) is 64.6 Å². The molecule has 0 heterocycles. The maximum atomic E-state index is 13.8.